The van der Waals surface area contributed by atoms with Gasteiger partial charge in [-0.25, -0.2) is 0 Å². The summed E-state index contributed by atoms with van der Waals surface area (Å²) in [5, 5.41) is 9.87. The highest BCUT2D eigenvalue weighted by Gasteiger charge is 2.14. The van der Waals surface area contributed by atoms with Gasteiger partial charge in [0.2, 0.25) is 0 Å². The van der Waals surface area contributed by atoms with E-state index >= 15 is 0 Å². The summed E-state index contributed by atoms with van der Waals surface area (Å²) in [4.78, 5) is 12.4. The number of aryl methyl sites for hydroxylation is 1. The Bertz CT molecular complexity index is 992. The van der Waals surface area contributed by atoms with Gasteiger partial charge in [0.15, 0.2) is 11.0 Å². The third kappa shape index (κ3) is 2.47. The standard InChI is InChI=1S/C19H15NO3/c1-11-8-15-17(21)9-18(13-4-6-14(22-3)7-5-13)23-19(15)16(10-20)12(11)2/h4-9H,1-3H3. The molecule has 0 amide bonds. The van der Waals surface area contributed by atoms with Crippen molar-refractivity contribution in [1.82, 2.24) is 0 Å². The van der Waals surface area contributed by atoms with Gasteiger partial charge >= 0.3 is 0 Å². The fourth-order valence-corrected chi connectivity index (χ4v) is 2.55. The van der Waals surface area contributed by atoms with E-state index in [1.165, 1.54) is 6.07 Å². The molecule has 4 heteroatoms. The zero-order chi connectivity index (χ0) is 16.6. The average Bonchev–Trinajstić information content (AvgIpc) is 2.57. The fourth-order valence-electron chi connectivity index (χ4n) is 2.55. The van der Waals surface area contributed by atoms with Crippen LogP contribution in [-0.4, -0.2) is 7.11 Å². The summed E-state index contributed by atoms with van der Waals surface area (Å²) in [6.45, 7) is 3.74. The van der Waals surface area contributed by atoms with E-state index in [1.807, 2.05) is 26.0 Å². The zero-order valence-corrected chi connectivity index (χ0v) is 13.1. The van der Waals surface area contributed by atoms with Crippen molar-refractivity contribution >= 4 is 11.0 Å². The second-order valence-electron chi connectivity index (χ2n) is 5.39. The van der Waals surface area contributed by atoms with Crippen LogP contribution < -0.4 is 10.2 Å². The van der Waals surface area contributed by atoms with Crippen LogP contribution in [-0.2, 0) is 0 Å². The molecule has 0 N–H and O–H groups in total. The first-order valence-electron chi connectivity index (χ1n) is 7.17. The number of ether oxygens (including phenoxy) is 1. The molecule has 0 saturated carbocycles. The first-order chi connectivity index (χ1) is 11.0. The van der Waals surface area contributed by atoms with Crippen LogP contribution in [0.2, 0.25) is 0 Å². The van der Waals surface area contributed by atoms with Crippen LogP contribution in [0.15, 0.2) is 45.6 Å². The highest BCUT2D eigenvalue weighted by molar-refractivity contribution is 5.86. The quantitative estimate of drug-likeness (QED) is 0.719. The van der Waals surface area contributed by atoms with Gasteiger partial charge in [-0.3, -0.25) is 4.79 Å². The lowest BCUT2D eigenvalue weighted by Gasteiger charge is -2.09. The molecule has 0 aliphatic carbocycles. The van der Waals surface area contributed by atoms with E-state index in [2.05, 4.69) is 6.07 Å². The van der Waals surface area contributed by atoms with Crippen molar-refractivity contribution in [3.8, 4) is 23.1 Å². The lowest BCUT2D eigenvalue weighted by atomic mass is 10.00. The Balaban J connectivity index is 2.30. The summed E-state index contributed by atoms with van der Waals surface area (Å²) < 4.78 is 11.0. The van der Waals surface area contributed by atoms with E-state index in [0.717, 1.165) is 22.4 Å². The fraction of sp³-hybridized carbons (Fsp3) is 0.158. The molecule has 23 heavy (non-hydrogen) atoms. The topological polar surface area (TPSA) is 63.2 Å². The molecule has 3 aromatic rings. The molecule has 0 atom stereocenters. The molecule has 3 rings (SSSR count). The Morgan fingerprint density at radius 1 is 1.13 bits per heavy atom. The SMILES string of the molecule is COc1ccc(-c2cc(=O)c3cc(C)c(C)c(C#N)c3o2)cc1. The van der Waals surface area contributed by atoms with E-state index < -0.39 is 0 Å². The molecule has 0 bridgehead atoms. The first-order valence-corrected chi connectivity index (χ1v) is 7.17. The van der Waals surface area contributed by atoms with Gasteiger partial charge in [0.25, 0.3) is 0 Å². The second kappa shape index (κ2) is 5.62. The number of nitrogens with zero attached hydrogens (tertiary/aromatic N) is 1. The highest BCUT2D eigenvalue weighted by Crippen LogP contribution is 2.28. The summed E-state index contributed by atoms with van der Waals surface area (Å²) in [6.07, 6.45) is 0. The maximum atomic E-state index is 12.4. The van der Waals surface area contributed by atoms with Crippen molar-refractivity contribution in [2.75, 3.05) is 7.11 Å². The molecular formula is C19H15NO3. The summed E-state index contributed by atoms with van der Waals surface area (Å²) in [5.74, 6) is 1.16. The minimum atomic E-state index is -0.156. The molecule has 114 valence electrons. The van der Waals surface area contributed by atoms with Gasteiger partial charge in [-0.2, -0.15) is 5.26 Å². The van der Waals surface area contributed by atoms with Crippen molar-refractivity contribution < 1.29 is 9.15 Å². The molecule has 0 saturated heterocycles. The lowest BCUT2D eigenvalue weighted by molar-refractivity contribution is 0.415. The average molecular weight is 305 g/mol. The van der Waals surface area contributed by atoms with Crippen molar-refractivity contribution in [2.45, 2.75) is 13.8 Å². The van der Waals surface area contributed by atoms with Crippen molar-refractivity contribution in [1.29, 1.82) is 5.26 Å². The smallest absolute Gasteiger partial charge is 0.193 e. The number of benzene rings is 2. The van der Waals surface area contributed by atoms with Crippen LogP contribution in [0.4, 0.5) is 0 Å². The van der Waals surface area contributed by atoms with Crippen LogP contribution in [0.25, 0.3) is 22.3 Å². The predicted octanol–water partition coefficient (Wildman–Crippen LogP) is 3.96. The second-order valence-corrected chi connectivity index (χ2v) is 5.39. The van der Waals surface area contributed by atoms with Crippen molar-refractivity contribution in [3.05, 3.63) is 63.3 Å². The summed E-state index contributed by atoms with van der Waals surface area (Å²) >= 11 is 0. The van der Waals surface area contributed by atoms with E-state index in [4.69, 9.17) is 9.15 Å². The predicted molar refractivity (Wildman–Crippen MR) is 88.7 cm³/mol. The normalized spacial score (nSPS) is 10.5. The largest absolute Gasteiger partial charge is 0.497 e. The molecule has 0 aliphatic rings. The number of rotatable bonds is 2. The van der Waals surface area contributed by atoms with Crippen LogP contribution >= 0.6 is 0 Å². The van der Waals surface area contributed by atoms with Crippen molar-refractivity contribution in [2.24, 2.45) is 0 Å². The van der Waals surface area contributed by atoms with Gasteiger partial charge in [-0.15, -0.1) is 0 Å². The molecule has 0 radical (unpaired) electrons. The minimum absolute atomic E-state index is 0.156. The summed E-state index contributed by atoms with van der Waals surface area (Å²) in [6, 6.07) is 12.6. The Labute approximate surface area is 133 Å². The van der Waals surface area contributed by atoms with E-state index in [0.29, 0.717) is 22.3 Å². The third-order valence-electron chi connectivity index (χ3n) is 4.03. The van der Waals surface area contributed by atoms with E-state index in [-0.39, 0.29) is 5.43 Å². The minimum Gasteiger partial charge on any atom is -0.497 e. The summed E-state index contributed by atoms with van der Waals surface area (Å²) in [7, 11) is 1.59. The van der Waals surface area contributed by atoms with Crippen molar-refractivity contribution in [3.63, 3.8) is 0 Å². The Morgan fingerprint density at radius 2 is 1.83 bits per heavy atom. The Morgan fingerprint density at radius 3 is 2.43 bits per heavy atom. The van der Waals surface area contributed by atoms with E-state index in [1.54, 1.807) is 25.3 Å². The van der Waals surface area contributed by atoms with Crippen LogP contribution in [0.3, 0.4) is 0 Å². The van der Waals surface area contributed by atoms with Crippen LogP contribution in [0.5, 0.6) is 5.75 Å². The van der Waals surface area contributed by atoms with Gasteiger partial charge in [0, 0.05) is 11.6 Å². The molecule has 1 aromatic heterocycles. The van der Waals surface area contributed by atoms with Gasteiger partial charge in [0.05, 0.1) is 18.1 Å². The highest BCUT2D eigenvalue weighted by atomic mass is 16.5. The summed E-state index contributed by atoms with van der Waals surface area (Å²) in [5.41, 5.74) is 3.08. The third-order valence-corrected chi connectivity index (χ3v) is 4.03. The van der Waals surface area contributed by atoms with Crippen LogP contribution in [0.1, 0.15) is 16.7 Å². The molecule has 0 spiro atoms. The number of methoxy groups -OCH3 is 1. The van der Waals surface area contributed by atoms with Crippen LogP contribution in [0, 0.1) is 25.2 Å². The lowest BCUT2D eigenvalue weighted by Crippen LogP contribution is -2.03. The Kier molecular flexibility index (Phi) is 3.63. The maximum absolute atomic E-state index is 12.4. The maximum Gasteiger partial charge on any atom is 0.193 e. The molecule has 0 aliphatic heterocycles. The molecule has 0 fully saturated rings. The van der Waals surface area contributed by atoms with Gasteiger partial charge < -0.3 is 9.15 Å². The van der Waals surface area contributed by atoms with Gasteiger partial charge in [0.1, 0.15) is 17.6 Å². The van der Waals surface area contributed by atoms with Gasteiger partial charge in [-0.05, 0) is 55.3 Å². The number of nitriles is 1. The Hall–Kier alpha value is -3.06. The van der Waals surface area contributed by atoms with E-state index in [9.17, 15) is 10.1 Å². The monoisotopic (exact) mass is 305 g/mol. The number of hydrogen-bond acceptors (Lipinski definition) is 4. The molecule has 4 nitrogen and oxygen atoms in total. The zero-order valence-electron chi connectivity index (χ0n) is 13.1. The molecule has 0 unspecified atom stereocenters. The molecule has 2 aromatic carbocycles. The van der Waals surface area contributed by atoms with Gasteiger partial charge in [-0.1, -0.05) is 0 Å². The first kappa shape index (κ1) is 14.9. The number of fused-ring (bicyclic) bond motifs is 1. The molecular weight excluding hydrogens is 290 g/mol. The molecule has 1 heterocycles. The number of hydrogen-bond donors (Lipinski definition) is 0.